The Hall–Kier alpha value is -4.29. The van der Waals surface area contributed by atoms with Crippen LogP contribution in [-0.2, 0) is 12.3 Å². The minimum Gasteiger partial charge on any atom is -0.345 e. The summed E-state index contributed by atoms with van der Waals surface area (Å²) in [5, 5.41) is 33.7. The molecule has 11 nitrogen and oxygen atoms in total. The van der Waals surface area contributed by atoms with E-state index in [1.54, 1.807) is 16.7 Å². The summed E-state index contributed by atoms with van der Waals surface area (Å²) in [5.41, 5.74) is 2.58. The fourth-order valence-electron chi connectivity index (χ4n) is 3.50. The van der Waals surface area contributed by atoms with E-state index < -0.39 is 15.8 Å². The molecule has 0 fully saturated rings. The molecule has 1 aromatic heterocycles. The summed E-state index contributed by atoms with van der Waals surface area (Å²) < 4.78 is 1.71. The van der Waals surface area contributed by atoms with E-state index >= 15 is 0 Å². The van der Waals surface area contributed by atoms with Gasteiger partial charge in [-0.3, -0.25) is 29.6 Å². The summed E-state index contributed by atoms with van der Waals surface area (Å²) in [5.74, 6) is 0.441. The maximum absolute atomic E-state index is 12.7. The van der Waals surface area contributed by atoms with Crippen molar-refractivity contribution in [3.05, 3.63) is 114 Å². The first-order chi connectivity index (χ1) is 17.7. The summed E-state index contributed by atoms with van der Waals surface area (Å²) in [6.07, 6.45) is 0. The number of amides is 1. The molecule has 0 radical (unpaired) electrons. The number of hydrogen-bond donors (Lipinski definition) is 1. The van der Waals surface area contributed by atoms with Crippen LogP contribution in [0.4, 0.5) is 11.4 Å². The molecule has 13 heteroatoms. The summed E-state index contributed by atoms with van der Waals surface area (Å²) >= 11 is 7.51. The Labute approximate surface area is 219 Å². The van der Waals surface area contributed by atoms with E-state index in [9.17, 15) is 25.0 Å². The average Bonchev–Trinajstić information content (AvgIpc) is 3.28. The zero-order valence-electron chi connectivity index (χ0n) is 19.3. The zero-order chi connectivity index (χ0) is 26.5. The van der Waals surface area contributed by atoms with Gasteiger partial charge in [0.15, 0.2) is 11.0 Å². The maximum atomic E-state index is 12.7. The second-order valence-corrected chi connectivity index (χ2v) is 9.24. The number of hydrogen-bond acceptors (Lipinski definition) is 8. The van der Waals surface area contributed by atoms with Gasteiger partial charge in [-0.05, 0) is 30.7 Å². The standard InChI is InChI=1S/C24H19ClN6O5S/c1-15-3-2-4-16(11-15)14-37-24-28-27-22(29(24)17-5-7-18(8-6-17)30(33)34)13-26-23(32)20-10-9-19(31(35)36)12-21(20)25/h2-12H,13-14H2,1H3,(H,26,32). The highest BCUT2D eigenvalue weighted by Crippen LogP contribution is 2.27. The lowest BCUT2D eigenvalue weighted by atomic mass is 10.2. The van der Waals surface area contributed by atoms with Crippen molar-refractivity contribution < 1.29 is 14.6 Å². The molecule has 1 N–H and O–H groups in total. The first-order valence-corrected chi connectivity index (χ1v) is 12.2. The SMILES string of the molecule is Cc1cccc(CSc2nnc(CNC(=O)c3ccc([N+](=O)[O-])cc3Cl)n2-c2ccc([N+](=O)[O-])cc2)c1. The Balaban J connectivity index is 1.59. The Morgan fingerprint density at radius 3 is 2.35 bits per heavy atom. The minimum atomic E-state index is -0.601. The van der Waals surface area contributed by atoms with Gasteiger partial charge in [0.1, 0.15) is 0 Å². The molecule has 3 aromatic carbocycles. The molecule has 0 spiro atoms. The summed E-state index contributed by atoms with van der Waals surface area (Å²) in [6.45, 7) is 1.96. The number of nitrogens with one attached hydrogen (secondary N) is 1. The van der Waals surface area contributed by atoms with Crippen LogP contribution in [0.25, 0.3) is 5.69 Å². The first-order valence-electron chi connectivity index (χ1n) is 10.8. The third-order valence-electron chi connectivity index (χ3n) is 5.28. The Kier molecular flexibility index (Phi) is 7.80. The Bertz CT molecular complexity index is 1490. The lowest BCUT2D eigenvalue weighted by molar-refractivity contribution is -0.385. The third-order valence-corrected chi connectivity index (χ3v) is 6.60. The molecule has 0 aliphatic heterocycles. The summed E-state index contributed by atoms with van der Waals surface area (Å²) in [4.78, 5) is 33.7. The number of rotatable bonds is 9. The summed E-state index contributed by atoms with van der Waals surface area (Å²) in [7, 11) is 0. The van der Waals surface area contributed by atoms with Gasteiger partial charge in [-0.25, -0.2) is 0 Å². The molecule has 4 rings (SSSR count). The van der Waals surface area contributed by atoms with Crippen molar-refractivity contribution in [1.29, 1.82) is 0 Å². The van der Waals surface area contributed by atoms with Gasteiger partial charge in [0, 0.05) is 35.7 Å². The van der Waals surface area contributed by atoms with Crippen molar-refractivity contribution in [1.82, 2.24) is 20.1 Å². The molecular formula is C24H19ClN6O5S. The minimum absolute atomic E-state index is 0.0405. The van der Waals surface area contributed by atoms with Gasteiger partial charge in [0.25, 0.3) is 17.3 Å². The van der Waals surface area contributed by atoms with Crippen LogP contribution in [0, 0.1) is 27.2 Å². The van der Waals surface area contributed by atoms with Gasteiger partial charge in [-0.2, -0.15) is 0 Å². The number of non-ortho nitro benzene ring substituents is 2. The molecule has 0 bridgehead atoms. The summed E-state index contributed by atoms with van der Waals surface area (Å²) in [6, 6.07) is 17.5. The molecule has 0 unspecified atom stereocenters. The van der Waals surface area contributed by atoms with Crippen LogP contribution in [0.15, 0.2) is 71.9 Å². The topological polar surface area (TPSA) is 146 Å². The predicted molar refractivity (Wildman–Crippen MR) is 138 cm³/mol. The van der Waals surface area contributed by atoms with E-state index in [-0.39, 0.29) is 28.5 Å². The smallest absolute Gasteiger partial charge is 0.270 e. The highest BCUT2D eigenvalue weighted by atomic mass is 35.5. The number of carbonyl (C=O) groups excluding carboxylic acids is 1. The number of thioether (sulfide) groups is 1. The van der Waals surface area contributed by atoms with Crippen LogP contribution < -0.4 is 5.32 Å². The molecule has 1 amide bonds. The van der Waals surface area contributed by atoms with Crippen LogP contribution in [0.5, 0.6) is 0 Å². The number of aryl methyl sites for hydroxylation is 1. The predicted octanol–water partition coefficient (Wildman–Crippen LogP) is 5.27. The van der Waals surface area contributed by atoms with Crippen molar-refractivity contribution in [2.45, 2.75) is 24.4 Å². The van der Waals surface area contributed by atoms with Crippen LogP contribution in [-0.4, -0.2) is 30.5 Å². The largest absolute Gasteiger partial charge is 0.345 e. The normalized spacial score (nSPS) is 10.8. The van der Waals surface area contributed by atoms with E-state index in [0.717, 1.165) is 17.2 Å². The van der Waals surface area contributed by atoms with Gasteiger partial charge in [-0.1, -0.05) is 53.2 Å². The van der Waals surface area contributed by atoms with E-state index in [1.165, 1.54) is 36.0 Å². The average molecular weight is 539 g/mol. The van der Waals surface area contributed by atoms with Crippen LogP contribution in [0.3, 0.4) is 0 Å². The number of benzene rings is 3. The lowest BCUT2D eigenvalue weighted by Crippen LogP contribution is -2.25. The molecule has 0 aliphatic rings. The molecule has 37 heavy (non-hydrogen) atoms. The maximum Gasteiger partial charge on any atom is 0.270 e. The lowest BCUT2D eigenvalue weighted by Gasteiger charge is -2.11. The Morgan fingerprint density at radius 2 is 1.70 bits per heavy atom. The first kappa shape index (κ1) is 25.8. The molecule has 0 atom stereocenters. The quantitative estimate of drug-likeness (QED) is 0.172. The van der Waals surface area contributed by atoms with Gasteiger partial charge < -0.3 is 5.32 Å². The van der Waals surface area contributed by atoms with Crippen molar-refractivity contribution in [3.8, 4) is 5.69 Å². The van der Waals surface area contributed by atoms with E-state index in [4.69, 9.17) is 11.6 Å². The Morgan fingerprint density at radius 1 is 1.00 bits per heavy atom. The molecule has 1 heterocycles. The second kappa shape index (κ2) is 11.2. The number of nitrogens with zero attached hydrogens (tertiary/aromatic N) is 5. The molecule has 0 aliphatic carbocycles. The fraction of sp³-hybridized carbons (Fsp3) is 0.125. The highest BCUT2D eigenvalue weighted by Gasteiger charge is 2.19. The molecular weight excluding hydrogens is 520 g/mol. The molecule has 4 aromatic rings. The van der Waals surface area contributed by atoms with Crippen molar-refractivity contribution >= 4 is 40.6 Å². The van der Waals surface area contributed by atoms with Gasteiger partial charge in [-0.15, -0.1) is 10.2 Å². The van der Waals surface area contributed by atoms with Gasteiger partial charge in [0.2, 0.25) is 0 Å². The van der Waals surface area contributed by atoms with E-state index in [2.05, 4.69) is 21.6 Å². The van der Waals surface area contributed by atoms with Crippen molar-refractivity contribution in [2.24, 2.45) is 0 Å². The molecule has 188 valence electrons. The third kappa shape index (κ3) is 6.11. The molecule has 0 saturated heterocycles. The number of nitro benzene ring substituents is 2. The highest BCUT2D eigenvalue weighted by molar-refractivity contribution is 7.98. The molecule has 0 saturated carbocycles. The van der Waals surface area contributed by atoms with Crippen LogP contribution in [0.1, 0.15) is 27.3 Å². The number of aromatic nitrogens is 3. The fourth-order valence-corrected chi connectivity index (χ4v) is 4.67. The number of halogens is 1. The van der Waals surface area contributed by atoms with Crippen molar-refractivity contribution in [3.63, 3.8) is 0 Å². The second-order valence-electron chi connectivity index (χ2n) is 7.89. The van der Waals surface area contributed by atoms with E-state index in [0.29, 0.717) is 22.4 Å². The van der Waals surface area contributed by atoms with Crippen molar-refractivity contribution in [2.75, 3.05) is 0 Å². The van der Waals surface area contributed by atoms with Gasteiger partial charge in [0.05, 0.1) is 27.0 Å². The number of nitro groups is 2. The number of carbonyl (C=O) groups is 1. The zero-order valence-corrected chi connectivity index (χ0v) is 20.9. The van der Waals surface area contributed by atoms with E-state index in [1.807, 2.05) is 25.1 Å². The monoisotopic (exact) mass is 538 g/mol. The van der Waals surface area contributed by atoms with Crippen LogP contribution in [0.2, 0.25) is 5.02 Å². The van der Waals surface area contributed by atoms with Crippen LogP contribution >= 0.6 is 23.4 Å². The van der Waals surface area contributed by atoms with Gasteiger partial charge >= 0.3 is 0 Å².